The number of nitrogens with two attached hydrogens (primary N) is 1. The number of rotatable bonds is 6. The quantitative estimate of drug-likeness (QED) is 0.431. The predicted octanol–water partition coefficient (Wildman–Crippen LogP) is 2.79. The van der Waals surface area contributed by atoms with Gasteiger partial charge in [-0.25, -0.2) is 19.0 Å². The van der Waals surface area contributed by atoms with Crippen LogP contribution in [-0.4, -0.2) is 39.3 Å². The summed E-state index contributed by atoms with van der Waals surface area (Å²) in [7, 11) is 0. The van der Waals surface area contributed by atoms with Gasteiger partial charge >= 0.3 is 6.55 Å². The molecule has 0 unspecified atom stereocenters. The summed E-state index contributed by atoms with van der Waals surface area (Å²) in [4.78, 5) is 20.1. The predicted molar refractivity (Wildman–Crippen MR) is 93.0 cm³/mol. The number of amidine groups is 1. The molecule has 2 aromatic rings. The van der Waals surface area contributed by atoms with E-state index in [0.29, 0.717) is 6.42 Å². The van der Waals surface area contributed by atoms with Crippen LogP contribution in [0.1, 0.15) is 34.6 Å². The van der Waals surface area contributed by atoms with Crippen LogP contribution in [0.2, 0.25) is 5.02 Å². The third kappa shape index (κ3) is 3.33. The van der Waals surface area contributed by atoms with Gasteiger partial charge < -0.3 is 10.5 Å². The molecular formula is C17H14ClF4N5O2. The summed E-state index contributed by atoms with van der Waals surface area (Å²) in [6, 6.07) is 1.03. The van der Waals surface area contributed by atoms with Crippen LogP contribution in [-0.2, 0) is 16.7 Å². The molecule has 0 bridgehead atoms. The Kier molecular flexibility index (Phi) is 4.72. The highest BCUT2D eigenvalue weighted by Gasteiger charge is 2.60. The molecule has 3 atom stereocenters. The molecule has 3 heterocycles. The van der Waals surface area contributed by atoms with Gasteiger partial charge in [-0.15, -0.1) is 0 Å². The average Bonchev–Trinajstić information content (AvgIpc) is 3.34. The van der Waals surface area contributed by atoms with E-state index in [1.54, 1.807) is 0 Å². The first-order valence-corrected chi connectivity index (χ1v) is 8.92. The summed E-state index contributed by atoms with van der Waals surface area (Å²) in [5.74, 6) is -2.02. The van der Waals surface area contributed by atoms with E-state index in [1.807, 2.05) is 0 Å². The van der Waals surface area contributed by atoms with Gasteiger partial charge in [0.15, 0.2) is 5.78 Å². The van der Waals surface area contributed by atoms with Crippen molar-refractivity contribution in [2.75, 3.05) is 6.67 Å². The van der Waals surface area contributed by atoms with E-state index in [0.717, 1.165) is 12.4 Å². The smallest absolute Gasteiger partial charge is 0.333 e. The number of nitrogens with zero attached hydrogens (tertiary/aromatic N) is 4. The molecule has 2 N–H and O–H groups in total. The molecule has 154 valence electrons. The summed E-state index contributed by atoms with van der Waals surface area (Å²) >= 11 is 5.81. The first-order chi connectivity index (χ1) is 13.7. The van der Waals surface area contributed by atoms with Gasteiger partial charge in [0.1, 0.15) is 24.0 Å². The lowest BCUT2D eigenvalue weighted by atomic mass is 9.85. The highest BCUT2D eigenvalue weighted by atomic mass is 35.5. The van der Waals surface area contributed by atoms with Crippen molar-refractivity contribution < 1.29 is 27.1 Å². The number of hydrogen-bond donors (Lipinski definition) is 1. The van der Waals surface area contributed by atoms with Crippen LogP contribution in [0.15, 0.2) is 23.5 Å². The Bertz CT molecular complexity index is 1010. The van der Waals surface area contributed by atoms with Crippen molar-refractivity contribution in [2.45, 2.75) is 31.0 Å². The second-order valence-corrected chi connectivity index (χ2v) is 7.28. The van der Waals surface area contributed by atoms with Crippen LogP contribution in [0.3, 0.4) is 0 Å². The third-order valence-corrected chi connectivity index (χ3v) is 5.29. The number of pyridine rings is 1. The average molecular weight is 432 g/mol. The van der Waals surface area contributed by atoms with E-state index in [-0.39, 0.29) is 45.1 Å². The van der Waals surface area contributed by atoms with E-state index >= 15 is 0 Å². The molecule has 1 fully saturated rings. The van der Waals surface area contributed by atoms with Crippen molar-refractivity contribution in [1.29, 1.82) is 0 Å². The minimum Gasteiger partial charge on any atom is -0.462 e. The van der Waals surface area contributed by atoms with Gasteiger partial charge in [0, 0.05) is 24.1 Å². The number of fused-ring (bicyclic) bond motifs is 1. The van der Waals surface area contributed by atoms with Crippen LogP contribution < -0.4 is 5.73 Å². The highest BCUT2D eigenvalue weighted by Crippen LogP contribution is 2.53. The van der Waals surface area contributed by atoms with Gasteiger partial charge in [0.2, 0.25) is 5.95 Å². The third-order valence-electron chi connectivity index (χ3n) is 5.01. The van der Waals surface area contributed by atoms with Gasteiger partial charge in [-0.2, -0.15) is 18.3 Å². The number of aromatic nitrogens is 3. The Morgan fingerprint density at radius 1 is 1.48 bits per heavy atom. The zero-order valence-electron chi connectivity index (χ0n) is 14.7. The lowest BCUT2D eigenvalue weighted by Crippen LogP contribution is -2.40. The first-order valence-electron chi connectivity index (χ1n) is 8.54. The molecule has 0 radical (unpaired) electrons. The molecule has 0 spiro atoms. The van der Waals surface area contributed by atoms with Gasteiger partial charge in [-0.3, -0.25) is 4.79 Å². The fourth-order valence-electron chi connectivity index (χ4n) is 3.55. The van der Waals surface area contributed by atoms with Crippen molar-refractivity contribution in [3.05, 3.63) is 46.3 Å². The molecule has 0 saturated heterocycles. The Hall–Kier alpha value is -2.69. The number of ketones is 1. The minimum atomic E-state index is -2.96. The number of carbonyl (C=O) groups is 1. The Morgan fingerprint density at radius 3 is 2.90 bits per heavy atom. The molecule has 1 aliphatic heterocycles. The van der Waals surface area contributed by atoms with Crippen molar-refractivity contribution in [3.8, 4) is 0 Å². The number of ether oxygens (including phenoxy) is 1. The standard InChI is InChI=1S/C17H14ClF4N5O2/c18-10-5-27(15(21)22)26-13(10)11(28)2-7-1-9(14(20)24-4-7)17(6-19)8-3-12(8)29-16(23)25-17/h1,4-5,8,12,15H,2-3,6H2,(H2,23,25)/t8-,12+,17-/m0/s1. The number of carbonyl (C=O) groups excluding carboxylic acids is 1. The van der Waals surface area contributed by atoms with Crippen LogP contribution in [0, 0.1) is 11.9 Å². The lowest BCUT2D eigenvalue weighted by molar-refractivity contribution is 0.0560. The van der Waals surface area contributed by atoms with Crippen molar-refractivity contribution >= 4 is 23.4 Å². The van der Waals surface area contributed by atoms with E-state index < -0.39 is 36.4 Å². The zero-order valence-corrected chi connectivity index (χ0v) is 15.4. The molecule has 1 aliphatic carbocycles. The molecule has 0 aromatic carbocycles. The maximum atomic E-state index is 14.5. The zero-order chi connectivity index (χ0) is 20.9. The largest absolute Gasteiger partial charge is 0.462 e. The molecular weight excluding hydrogens is 418 g/mol. The lowest BCUT2D eigenvalue weighted by Gasteiger charge is -2.31. The maximum Gasteiger partial charge on any atom is 0.333 e. The molecule has 4 rings (SSSR count). The molecule has 12 heteroatoms. The first kappa shape index (κ1) is 19.6. The Labute approximate surface area is 166 Å². The fourth-order valence-corrected chi connectivity index (χ4v) is 3.79. The van der Waals surface area contributed by atoms with E-state index in [4.69, 9.17) is 22.1 Å². The molecule has 1 saturated carbocycles. The number of halogens is 5. The van der Waals surface area contributed by atoms with E-state index in [2.05, 4.69) is 15.1 Å². The normalized spacial score (nSPS) is 25.4. The van der Waals surface area contributed by atoms with Gasteiger partial charge in [0.25, 0.3) is 6.02 Å². The number of hydrogen-bond acceptors (Lipinski definition) is 6. The summed E-state index contributed by atoms with van der Waals surface area (Å²) in [6.45, 7) is -3.99. The van der Waals surface area contributed by atoms with Crippen molar-refractivity contribution in [2.24, 2.45) is 16.6 Å². The summed E-state index contributed by atoms with van der Waals surface area (Å²) in [6.07, 6.45) is 1.67. The second-order valence-electron chi connectivity index (χ2n) is 6.87. The second kappa shape index (κ2) is 6.97. The van der Waals surface area contributed by atoms with E-state index in [9.17, 15) is 22.4 Å². The van der Waals surface area contributed by atoms with Crippen LogP contribution in [0.4, 0.5) is 17.6 Å². The summed E-state index contributed by atoms with van der Waals surface area (Å²) in [5.41, 5.74) is 3.74. The number of Topliss-reactive ketones (excluding diaryl/α,β-unsaturated/α-hetero) is 1. The van der Waals surface area contributed by atoms with E-state index in [1.165, 1.54) is 6.07 Å². The molecule has 2 aromatic heterocycles. The Balaban J connectivity index is 1.66. The number of alkyl halides is 3. The Morgan fingerprint density at radius 2 is 2.24 bits per heavy atom. The van der Waals surface area contributed by atoms with Gasteiger partial charge in [0.05, 0.1) is 11.2 Å². The summed E-state index contributed by atoms with van der Waals surface area (Å²) in [5, 5.41) is 3.23. The minimum absolute atomic E-state index is 0.145. The monoisotopic (exact) mass is 431 g/mol. The van der Waals surface area contributed by atoms with Crippen molar-refractivity contribution in [3.63, 3.8) is 0 Å². The SMILES string of the molecule is NC1=N[C@](CF)(c2cc(CC(=O)c3nn(C(F)F)cc3Cl)cnc2F)[C@H]2C[C@H]2O1. The van der Waals surface area contributed by atoms with Crippen LogP contribution in [0.5, 0.6) is 0 Å². The topological polar surface area (TPSA) is 95.4 Å². The number of aliphatic imine (C=N–C) groups is 1. The van der Waals surface area contributed by atoms with Crippen LogP contribution >= 0.6 is 11.6 Å². The molecule has 2 aliphatic rings. The fraction of sp³-hybridized carbons (Fsp3) is 0.412. The van der Waals surface area contributed by atoms with Gasteiger partial charge in [-0.05, 0) is 18.1 Å². The highest BCUT2D eigenvalue weighted by molar-refractivity contribution is 6.33. The molecule has 7 nitrogen and oxygen atoms in total. The van der Waals surface area contributed by atoms with Gasteiger partial charge in [-0.1, -0.05) is 11.6 Å². The van der Waals surface area contributed by atoms with Crippen LogP contribution in [0.25, 0.3) is 0 Å². The maximum absolute atomic E-state index is 14.5. The molecule has 0 amide bonds. The summed E-state index contributed by atoms with van der Waals surface area (Å²) < 4.78 is 59.5. The molecule has 29 heavy (non-hydrogen) atoms. The van der Waals surface area contributed by atoms with Crippen molar-refractivity contribution in [1.82, 2.24) is 14.8 Å².